The van der Waals surface area contributed by atoms with Crippen molar-refractivity contribution < 1.29 is 0 Å². The molecule has 1 N–H and O–H groups in total. The zero-order valence-electron chi connectivity index (χ0n) is 17.5. The van der Waals surface area contributed by atoms with Gasteiger partial charge in [0.05, 0.1) is 34.5 Å². The number of nitrogens with one attached hydrogen (secondary N) is 1. The number of rotatable bonds is 2. The average Bonchev–Trinajstić information content (AvgIpc) is 3.08. The Kier molecular flexibility index (Phi) is 4.60. The van der Waals surface area contributed by atoms with Crippen molar-refractivity contribution in [3.8, 4) is 11.4 Å². The molecule has 5 heterocycles. The van der Waals surface area contributed by atoms with Gasteiger partial charge in [0.15, 0.2) is 11.3 Å². The van der Waals surface area contributed by atoms with Gasteiger partial charge in [0.1, 0.15) is 5.69 Å². The molecule has 1 aliphatic rings. The van der Waals surface area contributed by atoms with Gasteiger partial charge in [-0.3, -0.25) is 0 Å². The third kappa shape index (κ3) is 3.38. The molecule has 4 aromatic heterocycles. The van der Waals surface area contributed by atoms with Crippen LogP contribution in [-0.2, 0) is 0 Å². The van der Waals surface area contributed by atoms with Crippen molar-refractivity contribution >= 4 is 34.0 Å². The topological polar surface area (TPSA) is 71.2 Å². The van der Waals surface area contributed by atoms with Gasteiger partial charge in [-0.05, 0) is 51.5 Å². The van der Waals surface area contributed by atoms with Gasteiger partial charge in [-0.1, -0.05) is 11.6 Å². The van der Waals surface area contributed by atoms with Crippen LogP contribution in [0.5, 0.6) is 0 Å². The molecule has 0 spiro atoms. The lowest BCUT2D eigenvalue weighted by atomic mass is 10.1. The number of pyridine rings is 2. The van der Waals surface area contributed by atoms with E-state index in [1.165, 1.54) is 0 Å². The molecular weight excluding hydrogens is 398 g/mol. The fourth-order valence-electron chi connectivity index (χ4n) is 4.27. The van der Waals surface area contributed by atoms with E-state index in [0.29, 0.717) is 28.4 Å². The van der Waals surface area contributed by atoms with Crippen LogP contribution in [0, 0.1) is 13.8 Å². The molecule has 0 unspecified atom stereocenters. The van der Waals surface area contributed by atoms with Crippen molar-refractivity contribution in [3.05, 3.63) is 46.9 Å². The van der Waals surface area contributed by atoms with Gasteiger partial charge < -0.3 is 10.2 Å². The highest BCUT2D eigenvalue weighted by molar-refractivity contribution is 6.35. The Bertz CT molecular complexity index is 1260. The van der Waals surface area contributed by atoms with Crippen molar-refractivity contribution in [2.75, 3.05) is 18.0 Å². The minimum atomic E-state index is 0.427. The Balaban J connectivity index is 1.56. The number of fused-ring (bicyclic) bond motifs is 2. The maximum absolute atomic E-state index is 6.68. The number of aromatic nitrogens is 5. The van der Waals surface area contributed by atoms with Crippen molar-refractivity contribution in [1.82, 2.24) is 29.9 Å². The van der Waals surface area contributed by atoms with E-state index < -0.39 is 0 Å². The summed E-state index contributed by atoms with van der Waals surface area (Å²) in [7, 11) is 0. The first kappa shape index (κ1) is 19.2. The van der Waals surface area contributed by atoms with E-state index in [1.54, 1.807) is 4.52 Å². The van der Waals surface area contributed by atoms with Crippen molar-refractivity contribution in [2.45, 2.75) is 39.8 Å². The molecule has 0 aliphatic carbocycles. The summed E-state index contributed by atoms with van der Waals surface area (Å²) in [4.78, 5) is 16.3. The van der Waals surface area contributed by atoms with E-state index in [4.69, 9.17) is 16.6 Å². The van der Waals surface area contributed by atoms with Crippen LogP contribution >= 0.6 is 11.6 Å². The molecule has 4 aromatic rings. The van der Waals surface area contributed by atoms with E-state index in [2.05, 4.69) is 45.2 Å². The highest BCUT2D eigenvalue weighted by Gasteiger charge is 2.22. The van der Waals surface area contributed by atoms with Crippen LogP contribution in [-0.4, -0.2) is 49.7 Å². The molecule has 1 fully saturated rings. The molecule has 154 valence electrons. The molecule has 0 bridgehead atoms. The van der Waals surface area contributed by atoms with Gasteiger partial charge in [-0.25, -0.2) is 19.5 Å². The van der Waals surface area contributed by atoms with Gasteiger partial charge in [0, 0.05) is 30.6 Å². The van der Waals surface area contributed by atoms with Gasteiger partial charge in [0.25, 0.3) is 0 Å². The Morgan fingerprint density at radius 2 is 1.80 bits per heavy atom. The first-order valence-electron chi connectivity index (χ1n) is 10.2. The molecule has 0 aromatic carbocycles. The first-order chi connectivity index (χ1) is 14.4. The van der Waals surface area contributed by atoms with Crippen LogP contribution in [0.4, 0.5) is 5.69 Å². The van der Waals surface area contributed by atoms with Crippen LogP contribution in [0.3, 0.4) is 0 Å². The van der Waals surface area contributed by atoms with Gasteiger partial charge >= 0.3 is 0 Å². The van der Waals surface area contributed by atoms with Crippen molar-refractivity contribution in [2.24, 2.45) is 0 Å². The summed E-state index contributed by atoms with van der Waals surface area (Å²) >= 11 is 6.68. The van der Waals surface area contributed by atoms with Gasteiger partial charge in [-0.15, -0.1) is 0 Å². The maximum Gasteiger partial charge on any atom is 0.161 e. The minimum Gasteiger partial charge on any atom is -0.367 e. The number of hydrogen-bond donors (Lipinski definition) is 1. The number of imidazole rings is 1. The van der Waals surface area contributed by atoms with Gasteiger partial charge in [-0.2, -0.15) is 5.10 Å². The highest BCUT2D eigenvalue weighted by atomic mass is 35.5. The molecular formula is C22H24ClN7. The van der Waals surface area contributed by atoms with Crippen LogP contribution in [0.2, 0.25) is 5.02 Å². The summed E-state index contributed by atoms with van der Waals surface area (Å²) in [5.74, 6) is 0. The second-order valence-electron chi connectivity index (χ2n) is 8.29. The molecule has 1 saturated heterocycles. The Labute approximate surface area is 180 Å². The van der Waals surface area contributed by atoms with Gasteiger partial charge in [0.2, 0.25) is 0 Å². The summed E-state index contributed by atoms with van der Waals surface area (Å²) in [5, 5.41) is 9.71. The third-order valence-corrected chi connectivity index (χ3v) is 5.83. The average molecular weight is 422 g/mol. The quantitative estimate of drug-likeness (QED) is 0.531. The molecule has 2 atom stereocenters. The summed E-state index contributed by atoms with van der Waals surface area (Å²) in [6.07, 6.45) is 3.80. The number of piperazine rings is 1. The largest absolute Gasteiger partial charge is 0.367 e. The summed E-state index contributed by atoms with van der Waals surface area (Å²) in [5.41, 5.74) is 5.97. The maximum atomic E-state index is 6.68. The number of hydrogen-bond acceptors (Lipinski definition) is 6. The number of anilines is 1. The second-order valence-corrected chi connectivity index (χ2v) is 8.70. The zero-order chi connectivity index (χ0) is 21.0. The molecule has 30 heavy (non-hydrogen) atoms. The summed E-state index contributed by atoms with van der Waals surface area (Å²) in [6, 6.07) is 6.81. The lowest BCUT2D eigenvalue weighted by Crippen LogP contribution is -2.54. The smallest absolute Gasteiger partial charge is 0.161 e. The Morgan fingerprint density at radius 3 is 2.57 bits per heavy atom. The fraction of sp³-hybridized carbons (Fsp3) is 0.364. The number of aryl methyl sites for hydroxylation is 2. The normalized spacial score (nSPS) is 19.7. The van der Waals surface area contributed by atoms with Crippen molar-refractivity contribution in [3.63, 3.8) is 0 Å². The molecule has 8 heteroatoms. The van der Waals surface area contributed by atoms with E-state index in [0.717, 1.165) is 46.8 Å². The second kappa shape index (κ2) is 7.18. The standard InChI is InChI=1S/C22H24ClN7/c1-12-5-20(28-30-11-15(4)26-22(12)30)19-7-18(23)17-6-16(8-24-21(17)27-19)29-9-13(2)25-14(3)10-29/h5-8,11,13-14,25H,9-10H2,1-4H3/t13-,14-/m1/s1. The Hall–Kier alpha value is -2.77. The first-order valence-corrected chi connectivity index (χ1v) is 10.6. The molecule has 7 nitrogen and oxygen atoms in total. The van der Waals surface area contributed by atoms with E-state index in [1.807, 2.05) is 38.4 Å². The zero-order valence-corrected chi connectivity index (χ0v) is 18.3. The molecule has 0 radical (unpaired) electrons. The summed E-state index contributed by atoms with van der Waals surface area (Å²) in [6.45, 7) is 10.3. The number of nitrogens with zero attached hydrogens (tertiary/aromatic N) is 6. The molecule has 1 aliphatic heterocycles. The predicted octanol–water partition coefficient (Wildman–Crippen LogP) is 3.80. The van der Waals surface area contributed by atoms with Crippen LogP contribution in [0.15, 0.2) is 30.6 Å². The lowest BCUT2D eigenvalue weighted by Gasteiger charge is -2.37. The van der Waals surface area contributed by atoms with Crippen LogP contribution in [0.25, 0.3) is 28.1 Å². The molecule has 0 amide bonds. The molecule has 0 saturated carbocycles. The Morgan fingerprint density at radius 1 is 1.03 bits per heavy atom. The predicted molar refractivity (Wildman–Crippen MR) is 120 cm³/mol. The SMILES string of the molecule is Cc1cn2nc(-c3cc(Cl)c4cc(N5C[C@@H](C)N[C@H](C)C5)cnc4n3)cc(C)c2n1. The molecule has 5 rings (SSSR count). The van der Waals surface area contributed by atoms with E-state index >= 15 is 0 Å². The van der Waals surface area contributed by atoms with E-state index in [9.17, 15) is 0 Å². The lowest BCUT2D eigenvalue weighted by molar-refractivity contribution is 0.407. The van der Waals surface area contributed by atoms with E-state index in [-0.39, 0.29) is 0 Å². The van der Waals surface area contributed by atoms with Crippen LogP contribution in [0.1, 0.15) is 25.1 Å². The minimum absolute atomic E-state index is 0.427. The highest BCUT2D eigenvalue weighted by Crippen LogP contribution is 2.30. The summed E-state index contributed by atoms with van der Waals surface area (Å²) < 4.78 is 1.79. The third-order valence-electron chi connectivity index (χ3n) is 5.51. The van der Waals surface area contributed by atoms with Crippen molar-refractivity contribution in [1.29, 1.82) is 0 Å². The fourth-order valence-corrected chi connectivity index (χ4v) is 4.51. The monoisotopic (exact) mass is 421 g/mol. The van der Waals surface area contributed by atoms with Crippen LogP contribution < -0.4 is 10.2 Å². The number of halogens is 1.